The van der Waals surface area contributed by atoms with Gasteiger partial charge >= 0.3 is 0 Å². The van der Waals surface area contributed by atoms with Crippen molar-refractivity contribution in [2.24, 2.45) is 0 Å². The van der Waals surface area contributed by atoms with Gasteiger partial charge in [0.2, 0.25) is 0 Å². The van der Waals surface area contributed by atoms with Gasteiger partial charge in [0.25, 0.3) is 0 Å². The van der Waals surface area contributed by atoms with Gasteiger partial charge in [-0.05, 0) is 122 Å². The molecule has 0 saturated carbocycles. The standard InChI is InChI=1S/C55H38N2/c1-37-26-35-50-51(36-37)55(47-23-13-15-38-14-5-6-18-44(38)47)49-22-8-7-21-48(49)54(50)39-27-29-41(30-28-39)56(40-16-3-2-4-17-40)42-31-33-43(34-32-42)57-52-24-11-9-19-45(52)46-20-10-12-25-53(46)57/h2-36H,1H3. The predicted octanol–water partition coefficient (Wildman–Crippen LogP) is 15.4. The van der Waals surface area contributed by atoms with Crippen molar-refractivity contribution in [2.75, 3.05) is 4.90 Å². The van der Waals surface area contributed by atoms with E-state index in [0.29, 0.717) is 0 Å². The Morgan fingerprint density at radius 2 is 0.860 bits per heavy atom. The maximum absolute atomic E-state index is 2.37. The molecule has 0 aliphatic rings. The molecule has 0 amide bonds. The van der Waals surface area contributed by atoms with Crippen LogP contribution in [0.25, 0.3) is 82.1 Å². The minimum absolute atomic E-state index is 1.10. The fraction of sp³-hybridized carbons (Fsp3) is 0.0182. The van der Waals surface area contributed by atoms with Gasteiger partial charge in [0.15, 0.2) is 0 Å². The second-order valence-electron chi connectivity index (χ2n) is 15.0. The largest absolute Gasteiger partial charge is 0.311 e. The quantitative estimate of drug-likeness (QED) is 0.155. The van der Waals surface area contributed by atoms with E-state index in [1.54, 1.807) is 0 Å². The average molecular weight is 727 g/mol. The molecule has 0 N–H and O–H groups in total. The topological polar surface area (TPSA) is 8.17 Å². The molecule has 0 saturated heterocycles. The van der Waals surface area contributed by atoms with Crippen molar-refractivity contribution in [3.63, 3.8) is 0 Å². The van der Waals surface area contributed by atoms with Gasteiger partial charge in [0, 0.05) is 33.5 Å². The molecule has 2 nitrogen and oxygen atoms in total. The zero-order valence-electron chi connectivity index (χ0n) is 31.6. The number of aromatic nitrogens is 1. The first-order valence-electron chi connectivity index (χ1n) is 19.7. The van der Waals surface area contributed by atoms with E-state index in [2.05, 4.69) is 229 Å². The van der Waals surface area contributed by atoms with Gasteiger partial charge < -0.3 is 9.47 Å². The zero-order chi connectivity index (χ0) is 37.9. The molecule has 1 heterocycles. The highest BCUT2D eigenvalue weighted by atomic mass is 15.1. The molecule has 0 spiro atoms. The molecule has 10 aromatic carbocycles. The Morgan fingerprint density at radius 1 is 0.351 bits per heavy atom. The molecule has 268 valence electrons. The van der Waals surface area contributed by atoms with Crippen LogP contribution in [-0.2, 0) is 0 Å². The van der Waals surface area contributed by atoms with Crippen LogP contribution in [0, 0.1) is 6.92 Å². The summed E-state index contributed by atoms with van der Waals surface area (Å²) in [7, 11) is 0. The number of nitrogens with zero attached hydrogens (tertiary/aromatic N) is 2. The highest BCUT2D eigenvalue weighted by molar-refractivity contribution is 6.23. The monoisotopic (exact) mass is 726 g/mol. The summed E-state index contributed by atoms with van der Waals surface area (Å²) in [6.45, 7) is 2.20. The molecule has 2 heteroatoms. The molecule has 0 unspecified atom stereocenters. The number of para-hydroxylation sites is 3. The van der Waals surface area contributed by atoms with Crippen molar-refractivity contribution in [1.82, 2.24) is 4.57 Å². The first-order valence-corrected chi connectivity index (χ1v) is 19.7. The van der Waals surface area contributed by atoms with Crippen LogP contribution in [0.2, 0.25) is 0 Å². The van der Waals surface area contributed by atoms with E-state index in [4.69, 9.17) is 0 Å². The fourth-order valence-corrected chi connectivity index (χ4v) is 9.09. The molecular weight excluding hydrogens is 689 g/mol. The summed E-state index contributed by atoms with van der Waals surface area (Å²) < 4.78 is 2.37. The Hall–Kier alpha value is -7.42. The van der Waals surface area contributed by atoms with Crippen LogP contribution in [0.1, 0.15) is 5.56 Å². The molecule has 0 aliphatic carbocycles. The summed E-state index contributed by atoms with van der Waals surface area (Å²) in [5.41, 5.74) is 13.1. The second kappa shape index (κ2) is 13.4. The third kappa shape index (κ3) is 5.41. The second-order valence-corrected chi connectivity index (χ2v) is 15.0. The maximum atomic E-state index is 2.37. The van der Waals surface area contributed by atoms with Gasteiger partial charge in [-0.25, -0.2) is 0 Å². The Bertz CT molecular complexity index is 3220. The number of fused-ring (bicyclic) bond motifs is 6. The highest BCUT2D eigenvalue weighted by Gasteiger charge is 2.20. The van der Waals surface area contributed by atoms with Crippen LogP contribution < -0.4 is 4.90 Å². The van der Waals surface area contributed by atoms with E-state index < -0.39 is 0 Å². The lowest BCUT2D eigenvalue weighted by molar-refractivity contribution is 1.17. The summed E-state index contributed by atoms with van der Waals surface area (Å²) in [5, 5.41) is 10.1. The molecular formula is C55H38N2. The number of anilines is 3. The van der Waals surface area contributed by atoms with Gasteiger partial charge in [-0.2, -0.15) is 0 Å². The van der Waals surface area contributed by atoms with Gasteiger partial charge in [-0.15, -0.1) is 0 Å². The maximum Gasteiger partial charge on any atom is 0.0541 e. The highest BCUT2D eigenvalue weighted by Crippen LogP contribution is 2.46. The molecule has 0 atom stereocenters. The lowest BCUT2D eigenvalue weighted by Crippen LogP contribution is -2.10. The molecule has 0 fully saturated rings. The molecule has 1 aromatic heterocycles. The summed E-state index contributed by atoms with van der Waals surface area (Å²) in [5.74, 6) is 0. The molecule has 11 rings (SSSR count). The van der Waals surface area contributed by atoms with Crippen molar-refractivity contribution in [3.8, 4) is 27.9 Å². The average Bonchev–Trinajstić information content (AvgIpc) is 3.61. The normalized spacial score (nSPS) is 11.6. The minimum atomic E-state index is 1.10. The Kier molecular flexibility index (Phi) is 7.75. The van der Waals surface area contributed by atoms with Crippen molar-refractivity contribution < 1.29 is 0 Å². The van der Waals surface area contributed by atoms with Gasteiger partial charge in [-0.1, -0.05) is 157 Å². The third-order valence-electron chi connectivity index (χ3n) is 11.6. The van der Waals surface area contributed by atoms with E-state index in [1.165, 1.54) is 81.9 Å². The van der Waals surface area contributed by atoms with Gasteiger partial charge in [0.1, 0.15) is 0 Å². The Morgan fingerprint density at radius 3 is 1.54 bits per heavy atom. The molecule has 0 aliphatic heterocycles. The number of hydrogen-bond donors (Lipinski definition) is 0. The number of aryl methyl sites for hydroxylation is 1. The summed E-state index contributed by atoms with van der Waals surface area (Å²) >= 11 is 0. The molecule has 0 radical (unpaired) electrons. The lowest BCUT2D eigenvalue weighted by atomic mass is 9.84. The smallest absolute Gasteiger partial charge is 0.0541 e. The first-order chi connectivity index (χ1) is 28.2. The van der Waals surface area contributed by atoms with Gasteiger partial charge in [-0.3, -0.25) is 0 Å². The number of hydrogen-bond acceptors (Lipinski definition) is 1. The van der Waals surface area contributed by atoms with Crippen LogP contribution in [0.15, 0.2) is 212 Å². The van der Waals surface area contributed by atoms with Crippen LogP contribution in [-0.4, -0.2) is 4.57 Å². The predicted molar refractivity (Wildman–Crippen MR) is 244 cm³/mol. The van der Waals surface area contributed by atoms with E-state index in [9.17, 15) is 0 Å². The summed E-state index contributed by atoms with van der Waals surface area (Å²) in [6.07, 6.45) is 0. The summed E-state index contributed by atoms with van der Waals surface area (Å²) in [4.78, 5) is 2.35. The van der Waals surface area contributed by atoms with Crippen molar-refractivity contribution >= 4 is 71.2 Å². The van der Waals surface area contributed by atoms with Crippen LogP contribution in [0.5, 0.6) is 0 Å². The van der Waals surface area contributed by atoms with Crippen LogP contribution in [0.4, 0.5) is 17.1 Å². The Balaban J connectivity index is 1.05. The van der Waals surface area contributed by atoms with Crippen molar-refractivity contribution in [1.29, 1.82) is 0 Å². The Labute approximate surface area is 332 Å². The molecule has 57 heavy (non-hydrogen) atoms. The lowest BCUT2D eigenvalue weighted by Gasteiger charge is -2.26. The van der Waals surface area contributed by atoms with E-state index >= 15 is 0 Å². The minimum Gasteiger partial charge on any atom is -0.311 e. The van der Waals surface area contributed by atoms with E-state index in [1.807, 2.05) is 0 Å². The van der Waals surface area contributed by atoms with Gasteiger partial charge in [0.05, 0.1) is 11.0 Å². The van der Waals surface area contributed by atoms with Crippen LogP contribution in [0.3, 0.4) is 0 Å². The molecule has 0 bridgehead atoms. The molecule has 11 aromatic rings. The first kappa shape index (κ1) is 33.0. The SMILES string of the molecule is Cc1ccc2c(-c3ccc(N(c4ccccc4)c4ccc(-n5c6ccccc6c6ccccc65)cc4)cc3)c3ccccc3c(-c3cccc4ccccc34)c2c1. The van der Waals surface area contributed by atoms with Crippen LogP contribution >= 0.6 is 0 Å². The third-order valence-corrected chi connectivity index (χ3v) is 11.6. The van der Waals surface area contributed by atoms with Crippen molar-refractivity contribution in [3.05, 3.63) is 218 Å². The number of benzene rings is 10. The summed E-state index contributed by atoms with van der Waals surface area (Å²) in [6, 6.07) is 77.5. The fourth-order valence-electron chi connectivity index (χ4n) is 9.09. The van der Waals surface area contributed by atoms with Crippen molar-refractivity contribution in [2.45, 2.75) is 6.92 Å². The van der Waals surface area contributed by atoms with E-state index in [-0.39, 0.29) is 0 Å². The van der Waals surface area contributed by atoms with E-state index in [0.717, 1.165) is 22.7 Å². The number of rotatable bonds is 6. The zero-order valence-corrected chi connectivity index (χ0v) is 31.6.